The van der Waals surface area contributed by atoms with Crippen LogP contribution in [0.3, 0.4) is 0 Å². The van der Waals surface area contributed by atoms with E-state index in [0.717, 1.165) is 0 Å². The average Bonchev–Trinajstić information content (AvgIpc) is 2.90. The van der Waals surface area contributed by atoms with Crippen LogP contribution in [-0.4, -0.2) is 17.1 Å². The zero-order chi connectivity index (χ0) is 16.6. The number of oxazole rings is 1. The number of carbonyl (C=O) groups is 1. The maximum Gasteiger partial charge on any atom is 0.471 e. The molecule has 0 fully saturated rings. The van der Waals surface area contributed by atoms with E-state index in [9.17, 15) is 18.0 Å². The number of hydrogen-bond donors (Lipinski definition) is 1. The lowest BCUT2D eigenvalue weighted by atomic mass is 10.2. The molecule has 4 nitrogen and oxygen atoms in total. The fourth-order valence-electron chi connectivity index (χ4n) is 1.92. The van der Waals surface area contributed by atoms with Gasteiger partial charge in [-0.3, -0.25) is 4.79 Å². The molecule has 118 valence electrons. The summed E-state index contributed by atoms with van der Waals surface area (Å²) in [4.78, 5) is 15.1. The summed E-state index contributed by atoms with van der Waals surface area (Å²) < 4.78 is 42.1. The first-order chi connectivity index (χ1) is 10.8. The molecule has 3 aromatic rings. The monoisotopic (exact) mass is 340 g/mol. The lowest BCUT2D eigenvalue weighted by Crippen LogP contribution is -2.29. The average molecular weight is 341 g/mol. The summed E-state index contributed by atoms with van der Waals surface area (Å²) >= 11 is 5.87. The van der Waals surface area contributed by atoms with Crippen molar-refractivity contribution in [3.63, 3.8) is 0 Å². The van der Waals surface area contributed by atoms with E-state index >= 15 is 0 Å². The number of benzene rings is 2. The molecule has 0 aliphatic rings. The Balaban J connectivity index is 1.85. The van der Waals surface area contributed by atoms with Crippen molar-refractivity contribution in [2.75, 3.05) is 5.32 Å². The minimum atomic E-state index is -4.93. The molecule has 0 aliphatic carbocycles. The lowest BCUT2D eigenvalue weighted by Gasteiger charge is -2.07. The van der Waals surface area contributed by atoms with Crippen molar-refractivity contribution >= 4 is 34.3 Å². The van der Waals surface area contributed by atoms with Crippen LogP contribution in [0.2, 0.25) is 5.02 Å². The molecule has 1 N–H and O–H groups in total. The molecule has 3 rings (SSSR count). The number of amides is 1. The standard InChI is InChI=1S/C15H8ClF3N2O2/c16-9-3-6-12-11(7-9)21-13(23-12)8-1-4-10(5-2-8)20-14(22)15(17,18)19/h1-7H,(H,20,22). The molecule has 0 saturated heterocycles. The Morgan fingerprint density at radius 1 is 1.13 bits per heavy atom. The molecular weight excluding hydrogens is 333 g/mol. The van der Waals surface area contributed by atoms with Gasteiger partial charge in [0.1, 0.15) is 5.52 Å². The highest BCUT2D eigenvalue weighted by Gasteiger charge is 2.38. The van der Waals surface area contributed by atoms with Crippen molar-refractivity contribution in [1.29, 1.82) is 0 Å². The topological polar surface area (TPSA) is 55.1 Å². The van der Waals surface area contributed by atoms with Crippen molar-refractivity contribution in [2.24, 2.45) is 0 Å². The molecule has 2 aromatic carbocycles. The SMILES string of the molecule is O=C(Nc1ccc(-c2nc3cc(Cl)ccc3o2)cc1)C(F)(F)F. The van der Waals surface area contributed by atoms with E-state index in [2.05, 4.69) is 4.98 Å². The second kappa shape index (κ2) is 5.58. The molecule has 0 atom stereocenters. The van der Waals surface area contributed by atoms with E-state index in [4.69, 9.17) is 16.0 Å². The van der Waals surface area contributed by atoms with Gasteiger partial charge in [0.2, 0.25) is 5.89 Å². The fourth-order valence-corrected chi connectivity index (χ4v) is 2.09. The summed E-state index contributed by atoms with van der Waals surface area (Å²) in [6, 6.07) is 10.6. The van der Waals surface area contributed by atoms with Crippen LogP contribution in [0.4, 0.5) is 18.9 Å². The number of anilines is 1. The molecule has 0 spiro atoms. The highest BCUT2D eigenvalue weighted by molar-refractivity contribution is 6.31. The van der Waals surface area contributed by atoms with Crippen LogP contribution in [-0.2, 0) is 4.79 Å². The normalized spacial score (nSPS) is 11.7. The summed E-state index contributed by atoms with van der Waals surface area (Å²) in [6.07, 6.45) is -4.93. The predicted molar refractivity (Wildman–Crippen MR) is 79.1 cm³/mol. The van der Waals surface area contributed by atoms with Crippen molar-refractivity contribution < 1.29 is 22.4 Å². The summed E-state index contributed by atoms with van der Waals surface area (Å²) in [5.41, 5.74) is 1.69. The zero-order valence-electron chi connectivity index (χ0n) is 11.3. The molecule has 23 heavy (non-hydrogen) atoms. The number of nitrogens with one attached hydrogen (secondary N) is 1. The van der Waals surface area contributed by atoms with Gasteiger partial charge in [0.25, 0.3) is 0 Å². The molecule has 1 heterocycles. The van der Waals surface area contributed by atoms with Gasteiger partial charge in [-0.2, -0.15) is 13.2 Å². The van der Waals surface area contributed by atoms with Crippen LogP contribution in [0.15, 0.2) is 46.9 Å². The van der Waals surface area contributed by atoms with Gasteiger partial charge in [-0.1, -0.05) is 11.6 Å². The summed E-state index contributed by atoms with van der Waals surface area (Å²) in [6.45, 7) is 0. The predicted octanol–water partition coefficient (Wildman–Crippen LogP) is 4.65. The number of halogens is 4. The van der Waals surface area contributed by atoms with E-state index < -0.39 is 12.1 Å². The van der Waals surface area contributed by atoms with Gasteiger partial charge < -0.3 is 9.73 Å². The van der Waals surface area contributed by atoms with Crippen LogP contribution >= 0.6 is 11.6 Å². The Labute approximate surface area is 132 Å². The van der Waals surface area contributed by atoms with Crippen molar-refractivity contribution in [3.8, 4) is 11.5 Å². The molecule has 8 heteroatoms. The lowest BCUT2D eigenvalue weighted by molar-refractivity contribution is -0.167. The van der Waals surface area contributed by atoms with Gasteiger partial charge in [-0.25, -0.2) is 4.98 Å². The van der Waals surface area contributed by atoms with Crippen molar-refractivity contribution in [1.82, 2.24) is 4.98 Å². The van der Waals surface area contributed by atoms with Crippen molar-refractivity contribution in [3.05, 3.63) is 47.5 Å². The first kappa shape index (κ1) is 15.4. The molecule has 0 aliphatic heterocycles. The first-order valence-corrected chi connectivity index (χ1v) is 6.75. The maximum absolute atomic E-state index is 12.2. The van der Waals surface area contributed by atoms with Gasteiger partial charge in [0, 0.05) is 16.3 Å². The minimum absolute atomic E-state index is 0.0234. The van der Waals surface area contributed by atoms with Gasteiger partial charge in [0.05, 0.1) is 0 Å². The third kappa shape index (κ3) is 3.29. The van der Waals surface area contributed by atoms with Crippen molar-refractivity contribution in [2.45, 2.75) is 6.18 Å². The van der Waals surface area contributed by atoms with Gasteiger partial charge in [-0.15, -0.1) is 0 Å². The van der Waals surface area contributed by atoms with Crippen LogP contribution in [0.25, 0.3) is 22.6 Å². The third-order valence-corrected chi connectivity index (χ3v) is 3.23. The number of hydrogen-bond acceptors (Lipinski definition) is 3. The number of alkyl halides is 3. The number of nitrogens with zero attached hydrogens (tertiary/aromatic N) is 1. The molecule has 0 saturated carbocycles. The third-order valence-electron chi connectivity index (χ3n) is 3.00. The van der Waals surface area contributed by atoms with E-state index in [1.54, 1.807) is 23.5 Å². The minimum Gasteiger partial charge on any atom is -0.436 e. The number of carbonyl (C=O) groups excluding carboxylic acids is 1. The van der Waals surface area contributed by atoms with E-state index in [0.29, 0.717) is 27.6 Å². The highest BCUT2D eigenvalue weighted by atomic mass is 35.5. The van der Waals surface area contributed by atoms with Gasteiger partial charge in [0.15, 0.2) is 5.58 Å². The van der Waals surface area contributed by atoms with Crippen LogP contribution in [0, 0.1) is 0 Å². The molecule has 1 amide bonds. The van der Waals surface area contributed by atoms with E-state index in [1.807, 2.05) is 0 Å². The summed E-state index contributed by atoms with van der Waals surface area (Å²) in [7, 11) is 0. The quantitative estimate of drug-likeness (QED) is 0.738. The van der Waals surface area contributed by atoms with Crippen LogP contribution in [0.5, 0.6) is 0 Å². The summed E-state index contributed by atoms with van der Waals surface area (Å²) in [5, 5.41) is 2.28. The maximum atomic E-state index is 12.2. The zero-order valence-corrected chi connectivity index (χ0v) is 12.1. The Bertz CT molecular complexity index is 873. The van der Waals surface area contributed by atoms with E-state index in [-0.39, 0.29) is 5.69 Å². The summed E-state index contributed by atoms with van der Waals surface area (Å²) in [5.74, 6) is -1.72. The number of rotatable bonds is 2. The molecule has 0 unspecified atom stereocenters. The Kier molecular flexibility index (Phi) is 3.73. The Morgan fingerprint density at radius 2 is 1.83 bits per heavy atom. The fraction of sp³-hybridized carbons (Fsp3) is 0.0667. The largest absolute Gasteiger partial charge is 0.471 e. The van der Waals surface area contributed by atoms with Gasteiger partial charge in [-0.05, 0) is 42.5 Å². The molecule has 1 aromatic heterocycles. The Hall–Kier alpha value is -2.54. The number of fused-ring (bicyclic) bond motifs is 1. The van der Waals surface area contributed by atoms with Crippen LogP contribution < -0.4 is 5.32 Å². The molecule has 0 radical (unpaired) electrons. The smallest absolute Gasteiger partial charge is 0.436 e. The molecular formula is C15H8ClF3N2O2. The second-order valence-electron chi connectivity index (χ2n) is 4.66. The second-order valence-corrected chi connectivity index (χ2v) is 5.10. The number of aromatic nitrogens is 1. The Morgan fingerprint density at radius 3 is 2.48 bits per heavy atom. The van der Waals surface area contributed by atoms with Crippen LogP contribution in [0.1, 0.15) is 0 Å². The van der Waals surface area contributed by atoms with Gasteiger partial charge >= 0.3 is 12.1 Å². The first-order valence-electron chi connectivity index (χ1n) is 6.37. The highest BCUT2D eigenvalue weighted by Crippen LogP contribution is 2.27. The molecule has 0 bridgehead atoms. The van der Waals surface area contributed by atoms with E-state index in [1.165, 1.54) is 24.3 Å².